The van der Waals surface area contributed by atoms with Gasteiger partial charge in [-0.3, -0.25) is 0 Å². The minimum Gasteiger partial charge on any atom is -0.478 e. The fourth-order valence-electron chi connectivity index (χ4n) is 1.38. The van der Waals surface area contributed by atoms with Crippen LogP contribution in [0.1, 0.15) is 11.1 Å². The van der Waals surface area contributed by atoms with Gasteiger partial charge in [-0.1, -0.05) is 36.0 Å². The number of aromatic nitrogens is 4. The molecule has 0 aliphatic carbocycles. The van der Waals surface area contributed by atoms with Crippen molar-refractivity contribution in [3.8, 4) is 0 Å². The molecule has 1 heterocycles. The summed E-state index contributed by atoms with van der Waals surface area (Å²) in [4.78, 5) is 10.4. The molecule has 0 saturated heterocycles. The van der Waals surface area contributed by atoms with Crippen LogP contribution in [-0.4, -0.2) is 31.3 Å². The van der Waals surface area contributed by atoms with Crippen LogP contribution >= 0.6 is 11.8 Å². The number of benzene rings is 1. The van der Waals surface area contributed by atoms with Crippen molar-refractivity contribution in [2.24, 2.45) is 7.05 Å². The molecule has 0 unspecified atom stereocenters. The number of hydrogen-bond donors (Lipinski definition) is 1. The van der Waals surface area contributed by atoms with Gasteiger partial charge in [0.2, 0.25) is 5.16 Å². The van der Waals surface area contributed by atoms with Crippen molar-refractivity contribution in [3.63, 3.8) is 0 Å². The minimum atomic E-state index is -0.950. The first-order valence-corrected chi connectivity index (χ1v) is 6.49. The summed E-state index contributed by atoms with van der Waals surface area (Å²) >= 11 is 1.55. The van der Waals surface area contributed by atoms with E-state index in [0.29, 0.717) is 0 Å². The van der Waals surface area contributed by atoms with Gasteiger partial charge in [0.15, 0.2) is 0 Å². The number of aliphatic carboxylic acids is 1. The lowest BCUT2D eigenvalue weighted by Crippen LogP contribution is -1.93. The molecule has 1 aromatic carbocycles. The molecule has 1 N–H and O–H groups in total. The monoisotopic (exact) mass is 276 g/mol. The molecule has 0 spiro atoms. The Morgan fingerprint density at radius 1 is 1.42 bits per heavy atom. The third kappa shape index (κ3) is 3.92. The minimum absolute atomic E-state index is 0.759. The van der Waals surface area contributed by atoms with Crippen LogP contribution in [-0.2, 0) is 17.6 Å². The van der Waals surface area contributed by atoms with Crippen LogP contribution in [0.5, 0.6) is 0 Å². The normalized spacial score (nSPS) is 11.0. The number of hydrogen-bond acceptors (Lipinski definition) is 5. The van der Waals surface area contributed by atoms with Gasteiger partial charge in [-0.25, -0.2) is 9.48 Å². The number of aryl methyl sites for hydroxylation is 1. The molecule has 0 aliphatic rings. The maximum atomic E-state index is 10.4. The molecule has 19 heavy (non-hydrogen) atoms. The summed E-state index contributed by atoms with van der Waals surface area (Å²) in [6, 6.07) is 7.67. The summed E-state index contributed by atoms with van der Waals surface area (Å²) < 4.78 is 1.62. The summed E-state index contributed by atoms with van der Waals surface area (Å²) in [6.07, 6.45) is 2.68. The number of tetrazole rings is 1. The molecule has 0 radical (unpaired) electrons. The van der Waals surface area contributed by atoms with E-state index in [-0.39, 0.29) is 0 Å². The van der Waals surface area contributed by atoms with Crippen molar-refractivity contribution in [1.29, 1.82) is 0 Å². The van der Waals surface area contributed by atoms with E-state index in [2.05, 4.69) is 15.5 Å². The molecule has 0 amide bonds. The topological polar surface area (TPSA) is 80.9 Å². The molecule has 0 saturated carbocycles. The van der Waals surface area contributed by atoms with Gasteiger partial charge in [0.25, 0.3) is 0 Å². The molecule has 2 rings (SSSR count). The molecule has 0 fully saturated rings. The van der Waals surface area contributed by atoms with E-state index in [4.69, 9.17) is 5.11 Å². The summed E-state index contributed by atoms with van der Waals surface area (Å²) in [5.74, 6) is -0.189. The van der Waals surface area contributed by atoms with Crippen LogP contribution in [0.3, 0.4) is 0 Å². The second kappa shape index (κ2) is 6.14. The largest absolute Gasteiger partial charge is 0.478 e. The number of carboxylic acid groups (broad SMARTS) is 1. The number of carbonyl (C=O) groups is 1. The fraction of sp³-hybridized carbons (Fsp3) is 0.167. The molecule has 0 aliphatic heterocycles. The second-order valence-electron chi connectivity index (χ2n) is 3.79. The average Bonchev–Trinajstić information content (AvgIpc) is 2.81. The van der Waals surface area contributed by atoms with Crippen LogP contribution in [0.4, 0.5) is 0 Å². The van der Waals surface area contributed by atoms with E-state index in [1.54, 1.807) is 29.6 Å². The Kier molecular flexibility index (Phi) is 4.30. The van der Waals surface area contributed by atoms with Crippen LogP contribution in [0.15, 0.2) is 35.5 Å². The zero-order valence-corrected chi connectivity index (χ0v) is 11.0. The van der Waals surface area contributed by atoms with Gasteiger partial charge >= 0.3 is 5.97 Å². The van der Waals surface area contributed by atoms with Crippen LogP contribution in [0, 0.1) is 0 Å². The van der Waals surface area contributed by atoms with Crippen LogP contribution < -0.4 is 0 Å². The lowest BCUT2D eigenvalue weighted by atomic mass is 10.1. The first kappa shape index (κ1) is 13.3. The number of rotatable bonds is 5. The Morgan fingerprint density at radius 3 is 2.74 bits per heavy atom. The van der Waals surface area contributed by atoms with E-state index in [1.165, 1.54) is 0 Å². The zero-order valence-electron chi connectivity index (χ0n) is 10.2. The lowest BCUT2D eigenvalue weighted by molar-refractivity contribution is -0.131. The third-order valence-corrected chi connectivity index (χ3v) is 3.43. The lowest BCUT2D eigenvalue weighted by Gasteiger charge is -2.01. The van der Waals surface area contributed by atoms with E-state index in [9.17, 15) is 4.79 Å². The fourth-order valence-corrected chi connectivity index (χ4v) is 2.19. The Balaban J connectivity index is 1.95. The van der Waals surface area contributed by atoms with Crippen molar-refractivity contribution in [2.75, 3.05) is 0 Å². The van der Waals surface area contributed by atoms with Crippen molar-refractivity contribution in [3.05, 3.63) is 41.5 Å². The summed E-state index contributed by atoms with van der Waals surface area (Å²) in [5, 5.41) is 20.5. The van der Waals surface area contributed by atoms with Gasteiger partial charge in [-0.15, -0.1) is 5.10 Å². The highest BCUT2D eigenvalue weighted by molar-refractivity contribution is 7.98. The molecule has 7 heteroatoms. The van der Waals surface area contributed by atoms with Crippen LogP contribution in [0.2, 0.25) is 0 Å². The van der Waals surface area contributed by atoms with E-state index >= 15 is 0 Å². The third-order valence-electron chi connectivity index (χ3n) is 2.35. The zero-order chi connectivity index (χ0) is 13.7. The maximum Gasteiger partial charge on any atom is 0.328 e. The quantitative estimate of drug-likeness (QED) is 0.660. The Bertz CT molecular complexity index is 592. The number of carboxylic acids is 1. The average molecular weight is 276 g/mol. The van der Waals surface area contributed by atoms with Crippen molar-refractivity contribution in [2.45, 2.75) is 10.9 Å². The molecule has 98 valence electrons. The van der Waals surface area contributed by atoms with Gasteiger partial charge in [0.1, 0.15) is 0 Å². The predicted molar refractivity (Wildman–Crippen MR) is 71.5 cm³/mol. The van der Waals surface area contributed by atoms with Gasteiger partial charge in [0, 0.05) is 18.9 Å². The highest BCUT2D eigenvalue weighted by atomic mass is 32.2. The Morgan fingerprint density at radius 2 is 2.16 bits per heavy atom. The molecular weight excluding hydrogens is 264 g/mol. The molecule has 1 aromatic heterocycles. The summed E-state index contributed by atoms with van der Waals surface area (Å²) in [6.45, 7) is 0. The number of thioether (sulfide) groups is 1. The summed E-state index contributed by atoms with van der Waals surface area (Å²) in [7, 11) is 1.79. The molecule has 2 aromatic rings. The van der Waals surface area contributed by atoms with E-state index in [1.807, 2.05) is 24.3 Å². The SMILES string of the molecule is Cn1nnnc1SCc1ccc(C=CC(=O)O)cc1. The van der Waals surface area contributed by atoms with Crippen molar-refractivity contribution >= 4 is 23.8 Å². The highest BCUT2D eigenvalue weighted by Crippen LogP contribution is 2.19. The second-order valence-corrected chi connectivity index (χ2v) is 4.73. The molecular formula is C12H12N4O2S. The number of nitrogens with zero attached hydrogens (tertiary/aromatic N) is 4. The Labute approximate surface area is 114 Å². The smallest absolute Gasteiger partial charge is 0.328 e. The van der Waals surface area contributed by atoms with Crippen molar-refractivity contribution < 1.29 is 9.90 Å². The van der Waals surface area contributed by atoms with Crippen LogP contribution in [0.25, 0.3) is 6.08 Å². The van der Waals surface area contributed by atoms with E-state index < -0.39 is 5.97 Å². The molecule has 0 atom stereocenters. The van der Waals surface area contributed by atoms with E-state index in [0.717, 1.165) is 28.1 Å². The maximum absolute atomic E-state index is 10.4. The van der Waals surface area contributed by atoms with Gasteiger partial charge in [-0.05, 0) is 27.6 Å². The first-order chi connectivity index (χ1) is 9.15. The van der Waals surface area contributed by atoms with Gasteiger partial charge in [0.05, 0.1) is 0 Å². The van der Waals surface area contributed by atoms with Crippen molar-refractivity contribution in [1.82, 2.24) is 20.2 Å². The molecule has 0 bridgehead atoms. The summed E-state index contributed by atoms with van der Waals surface area (Å²) in [5.41, 5.74) is 1.98. The standard InChI is InChI=1S/C12H12N4O2S/c1-16-12(13-14-15-16)19-8-10-4-2-9(3-5-10)6-7-11(17)18/h2-7H,8H2,1H3,(H,17,18). The highest BCUT2D eigenvalue weighted by Gasteiger charge is 2.03. The Hall–Kier alpha value is -2.15. The first-order valence-electron chi connectivity index (χ1n) is 5.50. The van der Waals surface area contributed by atoms with Gasteiger partial charge < -0.3 is 5.11 Å². The molecule has 6 nitrogen and oxygen atoms in total. The van der Waals surface area contributed by atoms with Gasteiger partial charge in [-0.2, -0.15) is 0 Å². The predicted octanol–water partition coefficient (Wildman–Crippen LogP) is 1.60.